The third-order valence-corrected chi connectivity index (χ3v) is 3.88. The summed E-state index contributed by atoms with van der Waals surface area (Å²) in [5.41, 5.74) is 1.45. The van der Waals surface area contributed by atoms with Gasteiger partial charge in [0, 0.05) is 13.1 Å². The Morgan fingerprint density at radius 2 is 1.85 bits per heavy atom. The number of benzene rings is 2. The predicted octanol–water partition coefficient (Wildman–Crippen LogP) is 2.42. The van der Waals surface area contributed by atoms with Gasteiger partial charge in [-0.2, -0.15) is 0 Å². The Hall–Kier alpha value is -2.80. The zero-order valence-electron chi connectivity index (χ0n) is 14.8. The van der Waals surface area contributed by atoms with Crippen molar-refractivity contribution in [3.05, 3.63) is 59.4 Å². The first-order valence-corrected chi connectivity index (χ1v) is 8.19. The molecule has 140 valence electrons. The number of aliphatic hydroxyl groups excluding tert-OH is 1. The molecule has 26 heavy (non-hydrogen) atoms. The fraction of sp³-hybridized carbons (Fsp3) is 0.316. The molecule has 2 amide bonds. The molecule has 0 aliphatic rings. The van der Waals surface area contributed by atoms with Crippen LogP contribution in [0, 0.1) is 5.82 Å². The van der Waals surface area contributed by atoms with Crippen molar-refractivity contribution in [2.75, 3.05) is 27.3 Å². The van der Waals surface area contributed by atoms with E-state index < -0.39 is 12.1 Å². The topological polar surface area (TPSA) is 79.8 Å². The van der Waals surface area contributed by atoms with Gasteiger partial charge >= 0.3 is 6.03 Å². The van der Waals surface area contributed by atoms with Gasteiger partial charge in [0.2, 0.25) is 0 Å². The van der Waals surface area contributed by atoms with Gasteiger partial charge in [-0.05, 0) is 47.9 Å². The molecule has 0 bridgehead atoms. The molecule has 0 heterocycles. The lowest BCUT2D eigenvalue weighted by molar-refractivity contribution is 0.173. The summed E-state index contributed by atoms with van der Waals surface area (Å²) in [5.74, 6) is 1.06. The van der Waals surface area contributed by atoms with Gasteiger partial charge in [-0.25, -0.2) is 9.18 Å². The highest BCUT2D eigenvalue weighted by molar-refractivity contribution is 5.73. The number of halogens is 1. The maximum atomic E-state index is 12.9. The Morgan fingerprint density at radius 1 is 1.12 bits per heavy atom. The number of ether oxygens (including phenoxy) is 2. The second-order valence-corrected chi connectivity index (χ2v) is 5.63. The lowest BCUT2D eigenvalue weighted by Crippen LogP contribution is -2.38. The molecule has 0 spiro atoms. The fourth-order valence-corrected chi connectivity index (χ4v) is 2.44. The molecule has 0 saturated heterocycles. The summed E-state index contributed by atoms with van der Waals surface area (Å²) in [7, 11) is 3.17. The maximum absolute atomic E-state index is 12.9. The van der Waals surface area contributed by atoms with Crippen LogP contribution < -0.4 is 20.1 Å². The molecule has 2 aromatic rings. The highest BCUT2D eigenvalue weighted by Gasteiger charge is 2.10. The minimum absolute atomic E-state index is 0.0277. The van der Waals surface area contributed by atoms with Crippen LogP contribution in [0.5, 0.6) is 11.5 Å². The number of nitrogens with one attached hydrogen (secondary N) is 2. The second-order valence-electron chi connectivity index (χ2n) is 5.63. The zero-order chi connectivity index (χ0) is 18.9. The summed E-state index contributed by atoms with van der Waals surface area (Å²) in [4.78, 5) is 11.9. The average Bonchev–Trinajstić information content (AvgIpc) is 2.66. The Labute approximate surface area is 151 Å². The van der Waals surface area contributed by atoms with E-state index in [9.17, 15) is 14.3 Å². The van der Waals surface area contributed by atoms with E-state index in [1.165, 1.54) is 24.3 Å². The molecule has 0 saturated carbocycles. The van der Waals surface area contributed by atoms with Gasteiger partial charge in [-0.3, -0.25) is 0 Å². The minimum atomic E-state index is -0.903. The normalized spacial score (nSPS) is 11.5. The van der Waals surface area contributed by atoms with E-state index in [1.807, 2.05) is 12.1 Å². The molecule has 0 aliphatic heterocycles. The number of hydrogen-bond acceptors (Lipinski definition) is 4. The quantitative estimate of drug-likeness (QED) is 0.674. The molecule has 2 rings (SSSR count). The molecule has 0 aromatic heterocycles. The molecule has 0 aliphatic carbocycles. The number of methoxy groups -OCH3 is 2. The van der Waals surface area contributed by atoms with Crippen molar-refractivity contribution in [2.45, 2.75) is 12.5 Å². The van der Waals surface area contributed by atoms with Crippen LogP contribution in [0.25, 0.3) is 0 Å². The summed E-state index contributed by atoms with van der Waals surface area (Å²) in [5, 5.41) is 15.3. The average molecular weight is 362 g/mol. The predicted molar refractivity (Wildman–Crippen MR) is 96.0 cm³/mol. The first-order chi connectivity index (χ1) is 12.5. The van der Waals surface area contributed by atoms with Crippen LogP contribution in [0.1, 0.15) is 17.2 Å². The van der Waals surface area contributed by atoms with E-state index in [4.69, 9.17) is 9.47 Å². The highest BCUT2D eigenvalue weighted by atomic mass is 19.1. The largest absolute Gasteiger partial charge is 0.497 e. The third-order valence-electron chi connectivity index (χ3n) is 3.88. The third kappa shape index (κ3) is 5.63. The SMILES string of the molecule is COc1ccc(OC)c(CCNC(=O)NCC(O)c2ccc(F)cc2)c1. The van der Waals surface area contributed by atoms with Crippen LogP contribution in [0.2, 0.25) is 0 Å². The van der Waals surface area contributed by atoms with Crippen LogP contribution in [0.15, 0.2) is 42.5 Å². The molecule has 3 N–H and O–H groups in total. The van der Waals surface area contributed by atoms with Gasteiger partial charge in [-0.1, -0.05) is 12.1 Å². The summed E-state index contributed by atoms with van der Waals surface area (Å²) in [6, 6.07) is 10.6. The van der Waals surface area contributed by atoms with Crippen LogP contribution >= 0.6 is 0 Å². The number of carbonyl (C=O) groups excluding carboxylic acids is 1. The standard InChI is InChI=1S/C19H23FN2O4/c1-25-16-7-8-18(26-2)14(11-16)9-10-21-19(24)22-12-17(23)13-3-5-15(20)6-4-13/h3-8,11,17,23H,9-10,12H2,1-2H3,(H2,21,22,24). The van der Waals surface area contributed by atoms with Crippen LogP contribution in [0.3, 0.4) is 0 Å². The molecule has 0 radical (unpaired) electrons. The first kappa shape index (κ1) is 19.5. The van der Waals surface area contributed by atoms with Gasteiger partial charge < -0.3 is 25.2 Å². The number of amides is 2. The monoisotopic (exact) mass is 362 g/mol. The smallest absolute Gasteiger partial charge is 0.314 e. The van der Waals surface area contributed by atoms with E-state index in [0.717, 1.165) is 11.3 Å². The second kappa shape index (κ2) is 9.62. The molecular weight excluding hydrogens is 339 g/mol. The van der Waals surface area contributed by atoms with Gasteiger partial charge in [0.1, 0.15) is 17.3 Å². The van der Waals surface area contributed by atoms with Crippen molar-refractivity contribution >= 4 is 6.03 Å². The Balaban J connectivity index is 1.77. The van der Waals surface area contributed by atoms with Crippen molar-refractivity contribution < 1.29 is 23.8 Å². The highest BCUT2D eigenvalue weighted by Crippen LogP contribution is 2.24. The molecule has 1 unspecified atom stereocenters. The van der Waals surface area contributed by atoms with E-state index >= 15 is 0 Å². The molecule has 2 aromatic carbocycles. The Kier molecular flexibility index (Phi) is 7.23. The number of aliphatic hydroxyl groups is 1. The minimum Gasteiger partial charge on any atom is -0.497 e. The van der Waals surface area contributed by atoms with Gasteiger partial charge in [0.05, 0.1) is 20.3 Å². The first-order valence-electron chi connectivity index (χ1n) is 8.19. The van der Waals surface area contributed by atoms with Crippen molar-refractivity contribution in [3.63, 3.8) is 0 Å². The van der Waals surface area contributed by atoms with Gasteiger partial charge in [0.25, 0.3) is 0 Å². The van der Waals surface area contributed by atoms with E-state index in [2.05, 4.69) is 10.6 Å². The number of rotatable bonds is 8. The molecule has 6 nitrogen and oxygen atoms in total. The Morgan fingerprint density at radius 3 is 2.50 bits per heavy atom. The van der Waals surface area contributed by atoms with Gasteiger partial charge in [-0.15, -0.1) is 0 Å². The number of carbonyl (C=O) groups is 1. The molecule has 1 atom stereocenters. The van der Waals surface area contributed by atoms with Crippen molar-refractivity contribution in [3.8, 4) is 11.5 Å². The summed E-state index contributed by atoms with van der Waals surface area (Å²) in [6.45, 7) is 0.419. The van der Waals surface area contributed by atoms with Crippen molar-refractivity contribution in [2.24, 2.45) is 0 Å². The fourth-order valence-electron chi connectivity index (χ4n) is 2.44. The van der Waals surface area contributed by atoms with Crippen LogP contribution in [-0.4, -0.2) is 38.4 Å². The summed E-state index contributed by atoms with van der Waals surface area (Å²) in [6.07, 6.45) is -0.339. The van der Waals surface area contributed by atoms with Crippen LogP contribution in [0.4, 0.5) is 9.18 Å². The van der Waals surface area contributed by atoms with E-state index in [0.29, 0.717) is 24.3 Å². The van der Waals surface area contributed by atoms with Crippen molar-refractivity contribution in [1.29, 1.82) is 0 Å². The zero-order valence-corrected chi connectivity index (χ0v) is 14.8. The van der Waals surface area contributed by atoms with E-state index in [1.54, 1.807) is 20.3 Å². The van der Waals surface area contributed by atoms with Crippen molar-refractivity contribution in [1.82, 2.24) is 10.6 Å². The maximum Gasteiger partial charge on any atom is 0.314 e. The summed E-state index contributed by atoms with van der Waals surface area (Å²) < 4.78 is 23.4. The lowest BCUT2D eigenvalue weighted by Gasteiger charge is -2.14. The molecule has 0 fully saturated rings. The van der Waals surface area contributed by atoms with Crippen LogP contribution in [-0.2, 0) is 6.42 Å². The van der Waals surface area contributed by atoms with Gasteiger partial charge in [0.15, 0.2) is 0 Å². The summed E-state index contributed by atoms with van der Waals surface area (Å²) >= 11 is 0. The number of urea groups is 1. The number of hydrogen-bond donors (Lipinski definition) is 3. The van der Waals surface area contributed by atoms with E-state index in [-0.39, 0.29) is 12.4 Å². The molecule has 7 heteroatoms. The lowest BCUT2D eigenvalue weighted by atomic mass is 10.1. The molecular formula is C19H23FN2O4. The Bertz CT molecular complexity index is 722.